The van der Waals surface area contributed by atoms with E-state index in [0.29, 0.717) is 5.92 Å². The second-order valence-electron chi connectivity index (χ2n) is 9.14. The summed E-state index contributed by atoms with van der Waals surface area (Å²) in [6, 6.07) is 5.79. The number of aromatic amines is 1. The van der Waals surface area contributed by atoms with Gasteiger partial charge in [-0.1, -0.05) is 13.0 Å². The second kappa shape index (κ2) is 11.3. The van der Waals surface area contributed by atoms with E-state index < -0.39 is 17.8 Å². The predicted molar refractivity (Wildman–Crippen MR) is 142 cm³/mol. The first-order valence-electron chi connectivity index (χ1n) is 11.9. The number of anilines is 1. The monoisotopic (exact) mass is 531 g/mol. The van der Waals surface area contributed by atoms with Crippen LogP contribution in [0.15, 0.2) is 52.4 Å². The van der Waals surface area contributed by atoms with Gasteiger partial charge in [0.2, 0.25) is 0 Å². The van der Waals surface area contributed by atoms with Crippen LogP contribution >= 0.6 is 11.3 Å². The van der Waals surface area contributed by atoms with Crippen molar-refractivity contribution in [1.82, 2.24) is 9.97 Å². The van der Waals surface area contributed by atoms with Crippen LogP contribution in [0.25, 0.3) is 21.3 Å². The van der Waals surface area contributed by atoms with Gasteiger partial charge in [0.25, 0.3) is 0 Å². The van der Waals surface area contributed by atoms with Crippen LogP contribution < -0.4 is 5.32 Å². The van der Waals surface area contributed by atoms with E-state index in [1.807, 2.05) is 30.6 Å². The fourth-order valence-corrected chi connectivity index (χ4v) is 5.77. The Hall–Kier alpha value is -3.47. The van der Waals surface area contributed by atoms with Gasteiger partial charge in [-0.25, -0.2) is 4.98 Å². The van der Waals surface area contributed by atoms with Crippen molar-refractivity contribution in [3.05, 3.63) is 47.4 Å². The highest BCUT2D eigenvalue weighted by molar-refractivity contribution is 7.15. The first-order chi connectivity index (χ1) is 17.7. The number of alkyl halides is 3. The number of nitrogens with zero attached hydrogens (tertiary/aromatic N) is 3. The maximum atomic E-state index is 12.6. The molecule has 1 aliphatic carbocycles. The van der Waals surface area contributed by atoms with Gasteiger partial charge in [0, 0.05) is 46.7 Å². The summed E-state index contributed by atoms with van der Waals surface area (Å²) in [5.41, 5.74) is 1.64. The fourth-order valence-electron chi connectivity index (χ4n) is 4.68. The molecule has 7 nitrogen and oxygen atoms in total. The lowest BCUT2D eigenvalue weighted by Gasteiger charge is -2.29. The molecule has 2 heterocycles. The molecule has 0 radical (unpaired) electrons. The van der Waals surface area contributed by atoms with E-state index in [4.69, 9.17) is 4.98 Å². The summed E-state index contributed by atoms with van der Waals surface area (Å²) in [5.74, 6) is -0.191. The molecule has 0 spiro atoms. The summed E-state index contributed by atoms with van der Waals surface area (Å²) in [6.45, 7) is 5.20. The fraction of sp³-hybridized carbons (Fsp3) is 0.385. The molecule has 1 aliphatic rings. The van der Waals surface area contributed by atoms with E-state index in [2.05, 4.69) is 33.9 Å². The van der Waals surface area contributed by atoms with Crippen LogP contribution in [0.4, 0.5) is 18.9 Å². The SMILES string of the molecule is C=N/C(=C\C=NCNc1ccc2c(-c3cnc(C(C)C4CCC(C(=O)O)CC4)s3)c[nH]c2c1)C(F)(F)F. The summed E-state index contributed by atoms with van der Waals surface area (Å²) in [6.07, 6.45) is 4.37. The molecule has 4 rings (SSSR count). The number of carbonyl (C=O) groups is 1. The zero-order chi connectivity index (χ0) is 26.6. The first kappa shape index (κ1) is 26.6. The minimum absolute atomic E-state index is 0.0995. The molecule has 3 aromatic rings. The van der Waals surface area contributed by atoms with Gasteiger partial charge < -0.3 is 15.4 Å². The number of hydrogen-bond donors (Lipinski definition) is 3. The molecule has 1 aromatic carbocycles. The van der Waals surface area contributed by atoms with E-state index in [1.54, 1.807) is 11.3 Å². The standard InChI is InChI=1S/C26H28F3N5O2S/c1-15(16-3-5-17(6-4-16)25(35)36)24-33-13-22(37-24)20-12-32-21-11-18(7-8-19(20)21)34-14-31-10-9-23(30-2)26(27,28)29/h7-13,15-17,32,34H,2-6,14H2,1H3,(H,35,36)/b23-9-,31-10?. The van der Waals surface area contributed by atoms with Crippen LogP contribution in [0.5, 0.6) is 0 Å². The number of thiazole rings is 1. The number of benzene rings is 1. The lowest BCUT2D eigenvalue weighted by Crippen LogP contribution is -2.23. The van der Waals surface area contributed by atoms with Gasteiger partial charge in [0.1, 0.15) is 12.4 Å². The molecule has 1 fully saturated rings. The molecule has 3 N–H and O–H groups in total. The van der Waals surface area contributed by atoms with Crippen LogP contribution in [0.2, 0.25) is 0 Å². The van der Waals surface area contributed by atoms with Crippen LogP contribution in [-0.2, 0) is 4.79 Å². The summed E-state index contributed by atoms with van der Waals surface area (Å²) >= 11 is 1.66. The average molecular weight is 532 g/mol. The number of halogens is 3. The normalized spacial score (nSPS) is 19.8. The molecule has 196 valence electrons. The van der Waals surface area contributed by atoms with Gasteiger partial charge in [-0.2, -0.15) is 13.2 Å². The Morgan fingerprint density at radius 3 is 2.78 bits per heavy atom. The van der Waals surface area contributed by atoms with Crippen molar-refractivity contribution in [2.45, 2.75) is 44.7 Å². The van der Waals surface area contributed by atoms with Crippen molar-refractivity contribution in [1.29, 1.82) is 0 Å². The van der Waals surface area contributed by atoms with Gasteiger partial charge >= 0.3 is 12.1 Å². The largest absolute Gasteiger partial charge is 0.481 e. The van der Waals surface area contributed by atoms with Gasteiger partial charge in [0.15, 0.2) is 0 Å². The highest BCUT2D eigenvalue weighted by Gasteiger charge is 2.33. The van der Waals surface area contributed by atoms with E-state index in [9.17, 15) is 23.1 Å². The topological polar surface area (TPSA) is 103 Å². The molecule has 11 heteroatoms. The molecule has 1 unspecified atom stereocenters. The molecule has 0 amide bonds. The smallest absolute Gasteiger partial charge is 0.433 e. The Balaban J connectivity index is 1.39. The number of H-pyrrole nitrogens is 1. The highest BCUT2D eigenvalue weighted by atomic mass is 32.1. The number of nitrogens with one attached hydrogen (secondary N) is 2. The summed E-state index contributed by atoms with van der Waals surface area (Å²) in [4.78, 5) is 27.2. The van der Waals surface area contributed by atoms with Crippen molar-refractivity contribution >= 4 is 46.8 Å². The average Bonchev–Trinajstić information content (AvgIpc) is 3.52. The molecule has 1 saturated carbocycles. The lowest BCUT2D eigenvalue weighted by molar-refractivity contribution is -0.143. The molecule has 0 bridgehead atoms. The maximum Gasteiger partial charge on any atom is 0.433 e. The molecule has 0 aliphatic heterocycles. The Morgan fingerprint density at radius 2 is 2.11 bits per heavy atom. The molecule has 37 heavy (non-hydrogen) atoms. The number of rotatable bonds is 9. The molecule has 2 aromatic heterocycles. The lowest BCUT2D eigenvalue weighted by atomic mass is 9.76. The van der Waals surface area contributed by atoms with Crippen molar-refractivity contribution in [3.8, 4) is 10.4 Å². The first-order valence-corrected chi connectivity index (χ1v) is 12.8. The third-order valence-corrected chi connectivity index (χ3v) is 8.09. The third kappa shape index (κ3) is 6.27. The molecule has 0 saturated heterocycles. The van der Waals surface area contributed by atoms with Gasteiger partial charge in [-0.15, -0.1) is 11.3 Å². The zero-order valence-corrected chi connectivity index (χ0v) is 21.1. The Morgan fingerprint density at radius 1 is 1.35 bits per heavy atom. The van der Waals surface area contributed by atoms with E-state index in [1.165, 1.54) is 0 Å². The number of carboxylic acids is 1. The molecule has 1 atom stereocenters. The van der Waals surface area contributed by atoms with Crippen molar-refractivity contribution in [2.24, 2.45) is 21.8 Å². The minimum atomic E-state index is -4.56. The quantitative estimate of drug-likeness (QED) is 0.262. The number of fused-ring (bicyclic) bond motifs is 1. The summed E-state index contributed by atoms with van der Waals surface area (Å²) in [5, 5.41) is 14.4. The second-order valence-corrected chi connectivity index (χ2v) is 10.2. The van der Waals surface area contributed by atoms with Crippen LogP contribution in [0.3, 0.4) is 0 Å². The Labute approximate surface area is 216 Å². The highest BCUT2D eigenvalue weighted by Crippen LogP contribution is 2.41. The number of aliphatic imine (C=N–C) groups is 2. The zero-order valence-electron chi connectivity index (χ0n) is 20.3. The van der Waals surface area contributed by atoms with E-state index >= 15 is 0 Å². The predicted octanol–water partition coefficient (Wildman–Crippen LogP) is 6.87. The van der Waals surface area contributed by atoms with Gasteiger partial charge in [0.05, 0.1) is 15.8 Å². The number of carboxylic acid groups (broad SMARTS) is 1. The van der Waals surface area contributed by atoms with Crippen LogP contribution in [0, 0.1) is 11.8 Å². The van der Waals surface area contributed by atoms with Crippen molar-refractivity contribution in [3.63, 3.8) is 0 Å². The summed E-state index contributed by atoms with van der Waals surface area (Å²) in [7, 11) is 0. The van der Waals surface area contributed by atoms with Gasteiger partial charge in [-0.05, 0) is 56.5 Å². The van der Waals surface area contributed by atoms with Gasteiger partial charge in [-0.3, -0.25) is 14.8 Å². The number of aliphatic carboxylic acids is 1. The van der Waals surface area contributed by atoms with Crippen LogP contribution in [0.1, 0.15) is 43.5 Å². The van der Waals surface area contributed by atoms with Crippen molar-refractivity contribution in [2.75, 3.05) is 12.0 Å². The number of hydrogen-bond acceptors (Lipinski definition) is 6. The molecular weight excluding hydrogens is 503 g/mol. The Kier molecular flexibility index (Phi) is 8.11. The number of allylic oxidation sites excluding steroid dienone is 2. The molecular formula is C26H28F3N5O2S. The van der Waals surface area contributed by atoms with Crippen molar-refractivity contribution < 1.29 is 23.1 Å². The van der Waals surface area contributed by atoms with Crippen LogP contribution in [-0.4, -0.2) is 46.8 Å². The van der Waals surface area contributed by atoms with E-state index in [-0.39, 0.29) is 18.5 Å². The summed E-state index contributed by atoms with van der Waals surface area (Å²) < 4.78 is 37.9. The Bertz CT molecular complexity index is 1320. The van der Waals surface area contributed by atoms with E-state index in [0.717, 1.165) is 70.0 Å². The third-order valence-electron chi connectivity index (χ3n) is 6.86. The minimum Gasteiger partial charge on any atom is -0.481 e. The number of aromatic nitrogens is 2. The maximum absolute atomic E-state index is 12.6.